The predicted octanol–water partition coefficient (Wildman–Crippen LogP) is 2.27. The average Bonchev–Trinajstić information content (AvgIpc) is 2.40. The SMILES string of the molecule is Nc1c(C=Cc2ccccc2)ccc(S(=O)(=O)O)c1N. The van der Waals surface area contributed by atoms with E-state index in [2.05, 4.69) is 0 Å². The third kappa shape index (κ3) is 2.98. The second kappa shape index (κ2) is 5.36. The zero-order valence-corrected chi connectivity index (χ0v) is 11.3. The summed E-state index contributed by atoms with van der Waals surface area (Å²) in [6.07, 6.45) is 3.56. The largest absolute Gasteiger partial charge is 0.397 e. The van der Waals surface area contributed by atoms with Gasteiger partial charge in [0.25, 0.3) is 10.1 Å². The van der Waals surface area contributed by atoms with Gasteiger partial charge in [-0.3, -0.25) is 4.55 Å². The maximum absolute atomic E-state index is 11.1. The van der Waals surface area contributed by atoms with Gasteiger partial charge >= 0.3 is 0 Å². The Labute approximate surface area is 117 Å². The molecule has 0 atom stereocenters. The number of nitrogens with two attached hydrogens (primary N) is 2. The average molecular weight is 290 g/mol. The van der Waals surface area contributed by atoms with Crippen molar-refractivity contribution in [2.45, 2.75) is 4.90 Å². The molecule has 5 nitrogen and oxygen atoms in total. The minimum atomic E-state index is -4.37. The smallest absolute Gasteiger partial charge is 0.296 e. The Kier molecular flexibility index (Phi) is 3.78. The molecule has 2 rings (SSSR count). The van der Waals surface area contributed by atoms with E-state index >= 15 is 0 Å². The van der Waals surface area contributed by atoms with Crippen LogP contribution in [0.25, 0.3) is 12.2 Å². The number of benzene rings is 2. The first-order valence-corrected chi connectivity index (χ1v) is 7.22. The highest BCUT2D eigenvalue weighted by Crippen LogP contribution is 2.29. The summed E-state index contributed by atoms with van der Waals surface area (Å²) in [6.45, 7) is 0. The molecule has 0 heterocycles. The summed E-state index contributed by atoms with van der Waals surface area (Å²) in [4.78, 5) is -0.383. The minimum absolute atomic E-state index is 0.118. The Morgan fingerprint density at radius 2 is 1.55 bits per heavy atom. The van der Waals surface area contributed by atoms with E-state index in [1.54, 1.807) is 6.08 Å². The van der Waals surface area contributed by atoms with Crippen LogP contribution in [0.15, 0.2) is 47.4 Å². The third-order valence-corrected chi connectivity index (χ3v) is 3.73. The molecule has 0 aliphatic rings. The molecule has 6 heteroatoms. The summed E-state index contributed by atoms with van der Waals surface area (Å²) >= 11 is 0. The van der Waals surface area contributed by atoms with Crippen molar-refractivity contribution in [1.82, 2.24) is 0 Å². The molecule has 0 aliphatic heterocycles. The van der Waals surface area contributed by atoms with Gasteiger partial charge in [0.2, 0.25) is 0 Å². The van der Waals surface area contributed by atoms with Crippen LogP contribution in [0.1, 0.15) is 11.1 Å². The topological polar surface area (TPSA) is 106 Å². The van der Waals surface area contributed by atoms with Crippen molar-refractivity contribution < 1.29 is 13.0 Å². The Morgan fingerprint density at radius 1 is 0.900 bits per heavy atom. The molecule has 0 spiro atoms. The molecule has 0 saturated heterocycles. The second-order valence-corrected chi connectivity index (χ2v) is 5.59. The summed E-state index contributed by atoms with van der Waals surface area (Å²) in [5.41, 5.74) is 13.0. The number of hydrogen-bond donors (Lipinski definition) is 3. The molecule has 104 valence electrons. The van der Waals surface area contributed by atoms with Crippen LogP contribution in [0.2, 0.25) is 0 Å². The highest BCUT2D eigenvalue weighted by Gasteiger charge is 2.16. The van der Waals surface area contributed by atoms with Crippen LogP contribution in [-0.2, 0) is 10.1 Å². The molecule has 0 aromatic heterocycles. The highest BCUT2D eigenvalue weighted by molar-refractivity contribution is 7.86. The first-order chi connectivity index (χ1) is 9.39. The Morgan fingerprint density at radius 3 is 2.15 bits per heavy atom. The maximum Gasteiger partial charge on any atom is 0.296 e. The predicted molar refractivity (Wildman–Crippen MR) is 80.5 cm³/mol. The first kappa shape index (κ1) is 14.1. The van der Waals surface area contributed by atoms with Crippen LogP contribution >= 0.6 is 0 Å². The fraction of sp³-hybridized carbons (Fsp3) is 0. The van der Waals surface area contributed by atoms with Gasteiger partial charge in [0.05, 0.1) is 11.4 Å². The molecule has 0 unspecified atom stereocenters. The fourth-order valence-corrected chi connectivity index (χ4v) is 2.38. The van der Waals surface area contributed by atoms with Gasteiger partial charge in [-0.15, -0.1) is 0 Å². The van der Waals surface area contributed by atoms with Crippen molar-refractivity contribution in [1.29, 1.82) is 0 Å². The third-order valence-electron chi connectivity index (χ3n) is 2.81. The zero-order chi connectivity index (χ0) is 14.8. The summed E-state index contributed by atoms with van der Waals surface area (Å²) in [6, 6.07) is 12.3. The van der Waals surface area contributed by atoms with Crippen LogP contribution in [0, 0.1) is 0 Å². The lowest BCUT2D eigenvalue weighted by molar-refractivity contribution is 0.483. The van der Waals surface area contributed by atoms with E-state index in [4.69, 9.17) is 16.0 Å². The van der Waals surface area contributed by atoms with Crippen LogP contribution in [0.4, 0.5) is 11.4 Å². The van der Waals surface area contributed by atoms with Crippen LogP contribution in [0.3, 0.4) is 0 Å². The Bertz CT molecular complexity index is 753. The molecule has 5 N–H and O–H groups in total. The van der Waals surface area contributed by atoms with Gasteiger partial charge < -0.3 is 11.5 Å². The Hall–Kier alpha value is -2.31. The molecular formula is C14H14N2O3S. The minimum Gasteiger partial charge on any atom is -0.397 e. The quantitative estimate of drug-likeness (QED) is 0.456. The molecule has 0 amide bonds. The first-order valence-electron chi connectivity index (χ1n) is 5.78. The van der Waals surface area contributed by atoms with Gasteiger partial charge in [-0.25, -0.2) is 0 Å². The fourth-order valence-electron chi connectivity index (χ4n) is 1.75. The van der Waals surface area contributed by atoms with Gasteiger partial charge in [0.15, 0.2) is 0 Å². The van der Waals surface area contributed by atoms with E-state index in [9.17, 15) is 8.42 Å². The second-order valence-electron chi connectivity index (χ2n) is 4.20. The van der Waals surface area contributed by atoms with Crippen molar-refractivity contribution in [2.75, 3.05) is 11.5 Å². The van der Waals surface area contributed by atoms with Crippen LogP contribution in [0.5, 0.6) is 0 Å². The van der Waals surface area contributed by atoms with Crippen molar-refractivity contribution in [2.24, 2.45) is 0 Å². The number of nitrogen functional groups attached to an aromatic ring is 2. The summed E-state index contributed by atoms with van der Waals surface area (Å²) in [5, 5.41) is 0. The normalized spacial score (nSPS) is 11.8. The molecule has 0 aliphatic carbocycles. The molecule has 0 fully saturated rings. The van der Waals surface area contributed by atoms with E-state index in [1.807, 2.05) is 36.4 Å². The molecule has 0 bridgehead atoms. The highest BCUT2D eigenvalue weighted by atomic mass is 32.2. The van der Waals surface area contributed by atoms with Crippen molar-refractivity contribution in [3.8, 4) is 0 Å². The molecular weight excluding hydrogens is 276 g/mol. The molecule has 20 heavy (non-hydrogen) atoms. The van der Waals surface area contributed by atoms with E-state index in [-0.39, 0.29) is 16.3 Å². The summed E-state index contributed by atoms with van der Waals surface area (Å²) in [7, 11) is -4.37. The lowest BCUT2D eigenvalue weighted by Crippen LogP contribution is -2.06. The lowest BCUT2D eigenvalue weighted by Gasteiger charge is -2.08. The monoisotopic (exact) mass is 290 g/mol. The number of anilines is 2. The van der Waals surface area contributed by atoms with Gasteiger partial charge in [-0.2, -0.15) is 8.42 Å². The molecule has 0 radical (unpaired) electrons. The van der Waals surface area contributed by atoms with Gasteiger partial charge in [-0.05, 0) is 17.2 Å². The zero-order valence-electron chi connectivity index (χ0n) is 10.5. The van der Waals surface area contributed by atoms with E-state index in [0.717, 1.165) is 5.56 Å². The summed E-state index contributed by atoms with van der Waals surface area (Å²) < 4.78 is 31.2. The molecule has 2 aromatic rings. The summed E-state index contributed by atoms with van der Waals surface area (Å²) in [5.74, 6) is 0. The van der Waals surface area contributed by atoms with Crippen molar-refractivity contribution in [3.63, 3.8) is 0 Å². The van der Waals surface area contributed by atoms with Gasteiger partial charge in [-0.1, -0.05) is 48.6 Å². The van der Waals surface area contributed by atoms with Gasteiger partial charge in [0, 0.05) is 0 Å². The number of rotatable bonds is 3. The van der Waals surface area contributed by atoms with Crippen LogP contribution < -0.4 is 11.5 Å². The van der Waals surface area contributed by atoms with Gasteiger partial charge in [0.1, 0.15) is 4.90 Å². The van der Waals surface area contributed by atoms with E-state index in [0.29, 0.717) is 5.56 Å². The Balaban J connectivity index is 2.41. The van der Waals surface area contributed by atoms with Crippen molar-refractivity contribution in [3.05, 3.63) is 53.6 Å². The van der Waals surface area contributed by atoms with E-state index in [1.165, 1.54) is 12.1 Å². The van der Waals surface area contributed by atoms with Crippen molar-refractivity contribution >= 4 is 33.6 Å². The number of hydrogen-bond acceptors (Lipinski definition) is 4. The lowest BCUT2D eigenvalue weighted by atomic mass is 10.1. The molecule has 2 aromatic carbocycles. The standard InChI is InChI=1S/C14H14N2O3S/c15-13-11(7-6-10-4-2-1-3-5-10)8-9-12(14(13)16)20(17,18)19/h1-9H,15-16H2,(H,17,18,19). The maximum atomic E-state index is 11.1. The van der Waals surface area contributed by atoms with E-state index < -0.39 is 10.1 Å². The van der Waals surface area contributed by atoms with Crippen LogP contribution in [-0.4, -0.2) is 13.0 Å². The molecule has 0 saturated carbocycles.